The maximum absolute atomic E-state index is 10.9. The van der Waals surface area contributed by atoms with E-state index < -0.39 is 17.7 Å². The average Bonchev–Trinajstić information content (AvgIpc) is 2.57. The number of carbonyl (C=O) groups excluding carboxylic acids is 1. The molecule has 0 aliphatic carbocycles. The van der Waals surface area contributed by atoms with E-state index in [-0.39, 0.29) is 0 Å². The van der Waals surface area contributed by atoms with E-state index in [1.54, 1.807) is 18.2 Å². The lowest BCUT2D eigenvalue weighted by Gasteiger charge is -2.06. The maximum Gasteiger partial charge on any atom is 0.417 e. The lowest BCUT2D eigenvalue weighted by atomic mass is 10.1. The van der Waals surface area contributed by atoms with Crippen molar-refractivity contribution < 1.29 is 9.21 Å². The zero-order valence-corrected chi connectivity index (χ0v) is 8.40. The summed E-state index contributed by atoms with van der Waals surface area (Å²) in [4.78, 5) is 24.2. The van der Waals surface area contributed by atoms with Crippen LogP contribution in [0.4, 0.5) is 0 Å². The van der Waals surface area contributed by atoms with Crippen LogP contribution in [0, 0.1) is 0 Å². The zero-order chi connectivity index (χ0) is 11.7. The van der Waals surface area contributed by atoms with Crippen LogP contribution in [0.5, 0.6) is 0 Å². The number of aromatic nitrogens is 1. The lowest BCUT2D eigenvalue weighted by molar-refractivity contribution is -0.119. The Bertz CT molecular complexity index is 584. The van der Waals surface area contributed by atoms with Crippen LogP contribution in [-0.2, 0) is 11.2 Å². The van der Waals surface area contributed by atoms with E-state index in [1.165, 1.54) is 0 Å². The van der Waals surface area contributed by atoms with E-state index in [0.717, 1.165) is 5.56 Å². The second-order valence-corrected chi connectivity index (χ2v) is 3.56. The SMILES string of the molecule is NC(=O)C(N)Cc1ccc2[nH]c(=O)oc2c1. The lowest BCUT2D eigenvalue weighted by Crippen LogP contribution is -2.38. The first-order valence-corrected chi connectivity index (χ1v) is 4.73. The minimum absolute atomic E-state index is 0.320. The summed E-state index contributed by atoms with van der Waals surface area (Å²) in [7, 11) is 0. The van der Waals surface area contributed by atoms with Crippen LogP contribution in [0.25, 0.3) is 11.1 Å². The van der Waals surface area contributed by atoms with E-state index >= 15 is 0 Å². The van der Waals surface area contributed by atoms with Crippen LogP contribution in [0.1, 0.15) is 5.56 Å². The number of benzene rings is 1. The molecular formula is C10H11N3O3. The van der Waals surface area contributed by atoms with Gasteiger partial charge in [0.2, 0.25) is 5.91 Å². The molecule has 1 unspecified atom stereocenters. The summed E-state index contributed by atoms with van der Waals surface area (Å²) in [6, 6.07) is 4.39. The van der Waals surface area contributed by atoms with Crippen molar-refractivity contribution >= 4 is 17.0 Å². The van der Waals surface area contributed by atoms with Gasteiger partial charge in [0.05, 0.1) is 11.6 Å². The molecular weight excluding hydrogens is 210 g/mol. The number of aromatic amines is 1. The summed E-state index contributed by atoms with van der Waals surface area (Å²) in [6.07, 6.45) is 0.320. The van der Waals surface area contributed by atoms with Crippen LogP contribution in [0.15, 0.2) is 27.4 Å². The van der Waals surface area contributed by atoms with E-state index in [1.807, 2.05) is 0 Å². The fourth-order valence-electron chi connectivity index (χ4n) is 1.47. The quantitative estimate of drug-likeness (QED) is 0.646. The zero-order valence-electron chi connectivity index (χ0n) is 8.40. The van der Waals surface area contributed by atoms with Gasteiger partial charge in [0, 0.05) is 0 Å². The molecule has 6 heteroatoms. The number of oxazole rings is 1. The van der Waals surface area contributed by atoms with Gasteiger partial charge in [-0.2, -0.15) is 0 Å². The normalized spacial score (nSPS) is 12.8. The van der Waals surface area contributed by atoms with E-state index in [4.69, 9.17) is 15.9 Å². The molecule has 1 aromatic carbocycles. The second-order valence-electron chi connectivity index (χ2n) is 3.56. The summed E-state index contributed by atoms with van der Waals surface area (Å²) in [5.41, 5.74) is 12.4. The molecule has 0 spiro atoms. The molecule has 84 valence electrons. The molecule has 1 aromatic heterocycles. The molecule has 0 aliphatic rings. The van der Waals surface area contributed by atoms with Crippen molar-refractivity contribution in [2.24, 2.45) is 11.5 Å². The number of rotatable bonds is 3. The first-order valence-electron chi connectivity index (χ1n) is 4.73. The van der Waals surface area contributed by atoms with Gasteiger partial charge in [-0.15, -0.1) is 0 Å². The molecule has 0 radical (unpaired) electrons. The van der Waals surface area contributed by atoms with Crippen LogP contribution in [-0.4, -0.2) is 16.9 Å². The van der Waals surface area contributed by atoms with Gasteiger partial charge >= 0.3 is 5.76 Å². The molecule has 1 heterocycles. The smallest absolute Gasteiger partial charge is 0.408 e. The van der Waals surface area contributed by atoms with Gasteiger partial charge in [-0.1, -0.05) is 6.07 Å². The van der Waals surface area contributed by atoms with Gasteiger partial charge in [0.25, 0.3) is 0 Å². The van der Waals surface area contributed by atoms with E-state index in [0.29, 0.717) is 17.5 Å². The largest absolute Gasteiger partial charge is 0.417 e. The van der Waals surface area contributed by atoms with Crippen LogP contribution in [0.2, 0.25) is 0 Å². The van der Waals surface area contributed by atoms with Crippen molar-refractivity contribution in [2.45, 2.75) is 12.5 Å². The third-order valence-corrected chi connectivity index (χ3v) is 2.31. The third kappa shape index (κ3) is 1.96. The van der Waals surface area contributed by atoms with Crippen molar-refractivity contribution in [3.05, 3.63) is 34.3 Å². The number of amides is 1. The van der Waals surface area contributed by atoms with E-state index in [2.05, 4.69) is 4.98 Å². The second kappa shape index (κ2) is 3.82. The standard InChI is InChI=1S/C10H11N3O3/c11-6(9(12)14)3-5-1-2-7-8(4-5)16-10(15)13-7/h1-2,4,6H,3,11H2,(H2,12,14)(H,13,15). The minimum atomic E-state index is -0.733. The van der Waals surface area contributed by atoms with Crippen LogP contribution in [0.3, 0.4) is 0 Å². The van der Waals surface area contributed by atoms with Gasteiger partial charge in [0.15, 0.2) is 5.58 Å². The van der Waals surface area contributed by atoms with E-state index in [9.17, 15) is 9.59 Å². The Hall–Kier alpha value is -2.08. The summed E-state index contributed by atoms with van der Waals surface area (Å²) < 4.78 is 4.88. The number of hydrogen-bond acceptors (Lipinski definition) is 4. The number of primary amides is 1. The summed E-state index contributed by atoms with van der Waals surface area (Å²) in [5.74, 6) is -1.07. The Morgan fingerprint density at radius 3 is 2.94 bits per heavy atom. The Morgan fingerprint density at radius 1 is 1.50 bits per heavy atom. The molecule has 0 aliphatic heterocycles. The molecule has 0 saturated carbocycles. The molecule has 16 heavy (non-hydrogen) atoms. The fourth-order valence-corrected chi connectivity index (χ4v) is 1.47. The monoisotopic (exact) mass is 221 g/mol. The third-order valence-electron chi connectivity index (χ3n) is 2.31. The van der Waals surface area contributed by atoms with Crippen molar-refractivity contribution in [1.29, 1.82) is 0 Å². The molecule has 1 amide bonds. The highest BCUT2D eigenvalue weighted by molar-refractivity contribution is 5.80. The van der Waals surface area contributed by atoms with Crippen molar-refractivity contribution in [2.75, 3.05) is 0 Å². The molecule has 6 nitrogen and oxygen atoms in total. The fraction of sp³-hybridized carbons (Fsp3) is 0.200. The Morgan fingerprint density at radius 2 is 2.25 bits per heavy atom. The number of carbonyl (C=O) groups is 1. The highest BCUT2D eigenvalue weighted by Gasteiger charge is 2.11. The molecule has 0 saturated heterocycles. The van der Waals surface area contributed by atoms with Gasteiger partial charge in [-0.25, -0.2) is 4.79 Å². The number of H-pyrrole nitrogens is 1. The molecule has 0 bridgehead atoms. The van der Waals surface area contributed by atoms with Crippen LogP contribution < -0.4 is 17.2 Å². The predicted molar refractivity (Wildman–Crippen MR) is 57.7 cm³/mol. The summed E-state index contributed by atoms with van der Waals surface area (Å²) >= 11 is 0. The maximum atomic E-state index is 10.9. The molecule has 0 fully saturated rings. The minimum Gasteiger partial charge on any atom is -0.408 e. The van der Waals surface area contributed by atoms with Crippen molar-refractivity contribution in [3.63, 3.8) is 0 Å². The highest BCUT2D eigenvalue weighted by atomic mass is 16.4. The molecule has 1 atom stereocenters. The first kappa shape index (κ1) is 10.4. The van der Waals surface area contributed by atoms with Gasteiger partial charge in [-0.05, 0) is 24.1 Å². The van der Waals surface area contributed by atoms with Gasteiger partial charge in [-0.3, -0.25) is 9.78 Å². The predicted octanol–water partition coefficient (Wildman–Crippen LogP) is -0.524. The Balaban J connectivity index is 2.32. The van der Waals surface area contributed by atoms with Crippen molar-refractivity contribution in [3.8, 4) is 0 Å². The van der Waals surface area contributed by atoms with Crippen molar-refractivity contribution in [1.82, 2.24) is 4.98 Å². The summed E-state index contributed by atoms with van der Waals surface area (Å²) in [6.45, 7) is 0. The number of nitrogens with one attached hydrogen (secondary N) is 1. The number of nitrogens with two attached hydrogens (primary N) is 2. The Kier molecular flexibility index (Phi) is 2.49. The van der Waals surface area contributed by atoms with Gasteiger partial charge < -0.3 is 15.9 Å². The highest BCUT2D eigenvalue weighted by Crippen LogP contribution is 2.13. The Labute approximate surface area is 90.2 Å². The topological polar surface area (TPSA) is 115 Å². The van der Waals surface area contributed by atoms with Crippen LogP contribution >= 0.6 is 0 Å². The molecule has 5 N–H and O–H groups in total. The number of fused-ring (bicyclic) bond motifs is 1. The van der Waals surface area contributed by atoms with Gasteiger partial charge in [0.1, 0.15) is 0 Å². The summed E-state index contributed by atoms with van der Waals surface area (Å²) in [5, 5.41) is 0. The number of hydrogen-bond donors (Lipinski definition) is 3. The first-order chi connectivity index (χ1) is 7.56. The molecule has 2 aromatic rings. The average molecular weight is 221 g/mol. The molecule has 2 rings (SSSR count).